The van der Waals surface area contributed by atoms with Crippen molar-refractivity contribution in [2.45, 2.75) is 32.4 Å². The number of rotatable bonds is 6. The van der Waals surface area contributed by atoms with Crippen LogP contribution in [0.5, 0.6) is 5.75 Å². The second-order valence-corrected chi connectivity index (χ2v) is 6.18. The van der Waals surface area contributed by atoms with E-state index in [9.17, 15) is 14.7 Å². The molecule has 2 N–H and O–H groups in total. The van der Waals surface area contributed by atoms with Crippen molar-refractivity contribution >= 4 is 29.2 Å². The van der Waals surface area contributed by atoms with Crippen molar-refractivity contribution in [3.05, 3.63) is 41.7 Å². The van der Waals surface area contributed by atoms with Crippen LogP contribution in [0.2, 0.25) is 5.02 Å². The Morgan fingerprint density at radius 1 is 1.42 bits per heavy atom. The number of aromatic nitrogens is 2. The molecule has 0 saturated heterocycles. The highest BCUT2D eigenvalue weighted by Crippen LogP contribution is 2.20. The molecule has 0 radical (unpaired) electrons. The Kier molecular flexibility index (Phi) is 5.14. The van der Waals surface area contributed by atoms with Gasteiger partial charge in [0.25, 0.3) is 5.91 Å². The maximum atomic E-state index is 12.2. The maximum absolute atomic E-state index is 12.2. The monoisotopic (exact) mass is 351 g/mol. The van der Waals surface area contributed by atoms with E-state index in [1.807, 2.05) is 0 Å². The third kappa shape index (κ3) is 4.05. The normalized spacial score (nSPS) is 12.5. The SMILES string of the molecule is CC(Oc1cccc(Cl)c1)C(=O)Nc1cnn(C(C)(C)C(=O)O)c1. The molecule has 7 nitrogen and oxygen atoms in total. The molecule has 2 aromatic rings. The van der Waals surface area contributed by atoms with E-state index in [4.69, 9.17) is 16.3 Å². The van der Waals surface area contributed by atoms with Gasteiger partial charge in [0, 0.05) is 11.2 Å². The van der Waals surface area contributed by atoms with Gasteiger partial charge in [-0.05, 0) is 39.0 Å². The molecule has 24 heavy (non-hydrogen) atoms. The van der Waals surface area contributed by atoms with E-state index in [2.05, 4.69) is 10.4 Å². The third-order valence-electron chi connectivity index (χ3n) is 3.42. The largest absolute Gasteiger partial charge is 0.481 e. The number of nitrogens with one attached hydrogen (secondary N) is 1. The molecule has 0 fully saturated rings. The Balaban J connectivity index is 2.02. The van der Waals surface area contributed by atoms with E-state index in [1.54, 1.807) is 31.2 Å². The summed E-state index contributed by atoms with van der Waals surface area (Å²) in [5.41, 5.74) is -0.831. The number of ether oxygens (including phenoxy) is 1. The van der Waals surface area contributed by atoms with E-state index >= 15 is 0 Å². The summed E-state index contributed by atoms with van der Waals surface area (Å²) in [7, 11) is 0. The van der Waals surface area contributed by atoms with Gasteiger partial charge in [-0.1, -0.05) is 17.7 Å². The molecule has 0 saturated carbocycles. The van der Waals surface area contributed by atoms with E-state index in [1.165, 1.54) is 30.9 Å². The lowest BCUT2D eigenvalue weighted by Crippen LogP contribution is -2.36. The fraction of sp³-hybridized carbons (Fsp3) is 0.312. The molecule has 128 valence electrons. The Morgan fingerprint density at radius 3 is 2.75 bits per heavy atom. The summed E-state index contributed by atoms with van der Waals surface area (Å²) in [4.78, 5) is 23.4. The summed E-state index contributed by atoms with van der Waals surface area (Å²) in [6, 6.07) is 6.74. The maximum Gasteiger partial charge on any atom is 0.331 e. The minimum atomic E-state index is -1.22. The van der Waals surface area contributed by atoms with Gasteiger partial charge in [0.05, 0.1) is 11.9 Å². The van der Waals surface area contributed by atoms with Crippen LogP contribution in [0.1, 0.15) is 20.8 Å². The number of carboxylic acid groups (broad SMARTS) is 1. The standard InChI is InChI=1S/C16H18ClN3O4/c1-10(24-13-6-4-5-11(17)7-13)14(21)19-12-8-18-20(9-12)16(2,3)15(22)23/h4-10H,1-3H3,(H,19,21)(H,22,23). The molecular weight excluding hydrogens is 334 g/mol. The fourth-order valence-corrected chi connectivity index (χ4v) is 2.01. The molecule has 0 aliphatic rings. The number of carbonyl (C=O) groups is 2. The first-order valence-corrected chi connectivity index (χ1v) is 7.59. The minimum Gasteiger partial charge on any atom is -0.481 e. The van der Waals surface area contributed by atoms with Crippen LogP contribution in [0.4, 0.5) is 5.69 Å². The van der Waals surface area contributed by atoms with Crippen LogP contribution in [0.25, 0.3) is 0 Å². The van der Waals surface area contributed by atoms with Crippen LogP contribution in [0, 0.1) is 0 Å². The summed E-state index contributed by atoms with van der Waals surface area (Å²) in [5, 5.41) is 16.3. The summed E-state index contributed by atoms with van der Waals surface area (Å²) in [6.45, 7) is 4.62. The van der Waals surface area contributed by atoms with Gasteiger partial charge in [-0.2, -0.15) is 5.10 Å². The number of halogens is 1. The number of hydrogen-bond donors (Lipinski definition) is 2. The van der Waals surface area contributed by atoms with Gasteiger partial charge in [-0.3, -0.25) is 9.48 Å². The first-order valence-electron chi connectivity index (χ1n) is 7.22. The lowest BCUT2D eigenvalue weighted by molar-refractivity contribution is -0.146. The highest BCUT2D eigenvalue weighted by Gasteiger charge is 2.30. The molecule has 1 atom stereocenters. The zero-order valence-electron chi connectivity index (χ0n) is 13.5. The van der Waals surface area contributed by atoms with Gasteiger partial charge in [0.2, 0.25) is 0 Å². The summed E-state index contributed by atoms with van der Waals surface area (Å²) >= 11 is 5.87. The van der Waals surface area contributed by atoms with Gasteiger partial charge in [0.15, 0.2) is 11.6 Å². The molecule has 0 aliphatic heterocycles. The van der Waals surface area contributed by atoms with Crippen molar-refractivity contribution in [3.63, 3.8) is 0 Å². The topological polar surface area (TPSA) is 93.5 Å². The second-order valence-electron chi connectivity index (χ2n) is 5.74. The number of aliphatic carboxylic acids is 1. The van der Waals surface area contributed by atoms with Crippen molar-refractivity contribution in [1.82, 2.24) is 9.78 Å². The molecule has 0 aliphatic carbocycles. The van der Waals surface area contributed by atoms with Crippen molar-refractivity contribution < 1.29 is 19.4 Å². The molecule has 0 bridgehead atoms. The predicted molar refractivity (Wildman–Crippen MR) is 89.4 cm³/mol. The van der Waals surface area contributed by atoms with E-state index < -0.39 is 17.6 Å². The van der Waals surface area contributed by atoms with E-state index in [-0.39, 0.29) is 5.91 Å². The number of benzene rings is 1. The highest BCUT2D eigenvalue weighted by molar-refractivity contribution is 6.30. The van der Waals surface area contributed by atoms with Crippen LogP contribution in [0.15, 0.2) is 36.7 Å². The van der Waals surface area contributed by atoms with Gasteiger partial charge in [0.1, 0.15) is 5.75 Å². The van der Waals surface area contributed by atoms with Crippen molar-refractivity contribution in [2.75, 3.05) is 5.32 Å². The van der Waals surface area contributed by atoms with Crippen LogP contribution in [-0.2, 0) is 15.1 Å². The van der Waals surface area contributed by atoms with Crippen LogP contribution >= 0.6 is 11.6 Å². The van der Waals surface area contributed by atoms with E-state index in [0.717, 1.165) is 0 Å². The lowest BCUT2D eigenvalue weighted by Gasteiger charge is -2.19. The first-order chi connectivity index (χ1) is 11.2. The summed E-state index contributed by atoms with van der Waals surface area (Å²) in [6.07, 6.45) is 2.08. The molecule has 0 spiro atoms. The smallest absolute Gasteiger partial charge is 0.331 e. The van der Waals surface area contributed by atoms with Gasteiger partial charge in [-0.25, -0.2) is 4.79 Å². The first kappa shape index (κ1) is 17.8. The summed E-state index contributed by atoms with van der Waals surface area (Å²) in [5.74, 6) is -0.934. The molecular formula is C16H18ClN3O4. The molecule has 1 unspecified atom stereocenters. The number of carboxylic acids is 1. The van der Waals surface area contributed by atoms with Crippen molar-refractivity contribution in [1.29, 1.82) is 0 Å². The predicted octanol–water partition coefficient (Wildman–Crippen LogP) is 2.76. The lowest BCUT2D eigenvalue weighted by atomic mass is 10.1. The second kappa shape index (κ2) is 6.92. The Morgan fingerprint density at radius 2 is 2.12 bits per heavy atom. The Labute approximate surface area is 144 Å². The Hall–Kier alpha value is -2.54. The molecule has 2 rings (SSSR count). The average Bonchev–Trinajstić information content (AvgIpc) is 2.96. The number of nitrogens with zero attached hydrogens (tertiary/aromatic N) is 2. The fourth-order valence-electron chi connectivity index (χ4n) is 1.83. The molecule has 1 heterocycles. The van der Waals surface area contributed by atoms with Crippen LogP contribution in [-0.4, -0.2) is 32.9 Å². The summed E-state index contributed by atoms with van der Waals surface area (Å²) < 4.78 is 6.79. The number of amides is 1. The van der Waals surface area contributed by atoms with E-state index in [0.29, 0.717) is 16.5 Å². The molecule has 8 heteroatoms. The van der Waals surface area contributed by atoms with Crippen molar-refractivity contribution in [2.24, 2.45) is 0 Å². The van der Waals surface area contributed by atoms with Gasteiger partial charge >= 0.3 is 5.97 Å². The zero-order chi connectivity index (χ0) is 17.9. The quantitative estimate of drug-likeness (QED) is 0.834. The molecule has 1 aromatic carbocycles. The number of carbonyl (C=O) groups excluding carboxylic acids is 1. The number of anilines is 1. The highest BCUT2D eigenvalue weighted by atomic mass is 35.5. The van der Waals surface area contributed by atoms with Gasteiger partial charge < -0.3 is 15.2 Å². The Bertz CT molecular complexity index is 757. The van der Waals surface area contributed by atoms with Gasteiger partial charge in [-0.15, -0.1) is 0 Å². The zero-order valence-corrected chi connectivity index (χ0v) is 14.2. The molecule has 1 amide bonds. The number of hydrogen-bond acceptors (Lipinski definition) is 4. The average molecular weight is 352 g/mol. The van der Waals surface area contributed by atoms with Crippen molar-refractivity contribution in [3.8, 4) is 5.75 Å². The van der Waals surface area contributed by atoms with Crippen LogP contribution < -0.4 is 10.1 Å². The van der Waals surface area contributed by atoms with Crippen LogP contribution in [0.3, 0.4) is 0 Å². The third-order valence-corrected chi connectivity index (χ3v) is 3.66. The minimum absolute atomic E-state index is 0.385. The molecule has 1 aromatic heterocycles.